The van der Waals surface area contributed by atoms with Gasteiger partial charge in [-0.15, -0.1) is 0 Å². The Bertz CT molecular complexity index is 1150. The first kappa shape index (κ1) is 27.8. The smallest absolute Gasteiger partial charge is 0.247 e. The molecule has 8 heteroatoms. The number of carbonyl (C=O) groups is 3. The zero-order valence-corrected chi connectivity index (χ0v) is 22.9. The lowest BCUT2D eigenvalue weighted by atomic mass is 9.69. The second-order valence-corrected chi connectivity index (χ2v) is 11.4. The van der Waals surface area contributed by atoms with Gasteiger partial charge in [0, 0.05) is 32.6 Å². The zero-order valence-electron chi connectivity index (χ0n) is 22.9. The van der Waals surface area contributed by atoms with Crippen molar-refractivity contribution in [3.63, 3.8) is 0 Å². The standard InChI is InChI=1S/C30H40N4O4/c1-21-11-13-23(14-12-21)24-17-33(4)28(37)30(24)15-8-16-34(20-30)26(35)25(32-27(36)29(2,3)31)19-38-18-22-9-6-5-7-10-22/h5-7,9-14,24-25H,8,15-20,31H2,1-4H3,(H,32,36)/t24?,25-,30?/m1/s1. The Morgan fingerprint density at radius 1 is 1.16 bits per heavy atom. The summed E-state index contributed by atoms with van der Waals surface area (Å²) in [5, 5.41) is 2.81. The Morgan fingerprint density at radius 2 is 1.84 bits per heavy atom. The molecule has 0 aliphatic carbocycles. The SMILES string of the molecule is Cc1ccc(C2CN(C)C(=O)C23CCCN(C(=O)[C@@H](COCc2ccccc2)NC(=O)C(C)(C)N)C3)cc1. The van der Waals surface area contributed by atoms with Gasteiger partial charge in [-0.2, -0.15) is 0 Å². The summed E-state index contributed by atoms with van der Waals surface area (Å²) in [5.74, 6) is -0.619. The third kappa shape index (κ3) is 5.92. The zero-order chi connectivity index (χ0) is 27.5. The Labute approximate surface area is 225 Å². The van der Waals surface area contributed by atoms with E-state index in [0.29, 0.717) is 32.7 Å². The minimum atomic E-state index is -1.15. The van der Waals surface area contributed by atoms with Crippen LogP contribution in [0, 0.1) is 12.3 Å². The van der Waals surface area contributed by atoms with Gasteiger partial charge in [-0.05, 0) is 44.7 Å². The molecule has 3 amide bonds. The maximum Gasteiger partial charge on any atom is 0.247 e. The average Bonchev–Trinajstić information content (AvgIpc) is 3.12. The molecule has 2 aromatic carbocycles. The van der Waals surface area contributed by atoms with Gasteiger partial charge in [0.2, 0.25) is 17.7 Å². The van der Waals surface area contributed by atoms with Gasteiger partial charge in [-0.1, -0.05) is 60.2 Å². The molecule has 3 N–H and O–H groups in total. The predicted molar refractivity (Wildman–Crippen MR) is 146 cm³/mol. The maximum atomic E-state index is 13.9. The number of hydrogen-bond donors (Lipinski definition) is 2. The molecule has 38 heavy (non-hydrogen) atoms. The van der Waals surface area contributed by atoms with Gasteiger partial charge in [0.1, 0.15) is 6.04 Å². The first-order valence-electron chi connectivity index (χ1n) is 13.3. The largest absolute Gasteiger partial charge is 0.374 e. The molecule has 2 aliphatic heterocycles. The molecular formula is C30H40N4O4. The molecule has 0 aromatic heterocycles. The van der Waals surface area contributed by atoms with Crippen LogP contribution in [0.5, 0.6) is 0 Å². The Balaban J connectivity index is 1.55. The van der Waals surface area contributed by atoms with Gasteiger partial charge >= 0.3 is 0 Å². The normalized spacial score (nSPS) is 22.6. The van der Waals surface area contributed by atoms with Gasteiger partial charge in [-0.25, -0.2) is 0 Å². The number of hydrogen-bond acceptors (Lipinski definition) is 5. The highest BCUT2D eigenvalue weighted by atomic mass is 16.5. The fourth-order valence-electron chi connectivity index (χ4n) is 5.62. The average molecular weight is 521 g/mol. The lowest BCUT2D eigenvalue weighted by Crippen LogP contribution is -2.60. The fourth-order valence-corrected chi connectivity index (χ4v) is 5.62. The number of ether oxygens (including phenoxy) is 1. The van der Waals surface area contributed by atoms with Gasteiger partial charge < -0.3 is 25.6 Å². The van der Waals surface area contributed by atoms with E-state index in [1.54, 1.807) is 23.6 Å². The third-order valence-corrected chi connectivity index (χ3v) is 7.80. The van der Waals surface area contributed by atoms with E-state index in [9.17, 15) is 14.4 Å². The number of rotatable bonds is 8. The van der Waals surface area contributed by atoms with E-state index < -0.39 is 22.9 Å². The minimum absolute atomic E-state index is 0.00822. The molecule has 2 heterocycles. The first-order valence-corrected chi connectivity index (χ1v) is 13.3. The Morgan fingerprint density at radius 3 is 2.50 bits per heavy atom. The van der Waals surface area contributed by atoms with Crippen molar-refractivity contribution in [3.05, 3.63) is 71.3 Å². The number of piperidine rings is 1. The number of nitrogens with zero attached hydrogens (tertiary/aromatic N) is 2. The molecule has 2 saturated heterocycles. The van der Waals surface area contributed by atoms with Gasteiger partial charge in [-0.3, -0.25) is 14.4 Å². The molecule has 0 radical (unpaired) electrons. The molecule has 2 aromatic rings. The lowest BCUT2D eigenvalue weighted by Gasteiger charge is -2.43. The summed E-state index contributed by atoms with van der Waals surface area (Å²) in [4.78, 5) is 43.8. The molecule has 1 spiro atoms. The second-order valence-electron chi connectivity index (χ2n) is 11.4. The molecule has 8 nitrogen and oxygen atoms in total. The molecule has 2 fully saturated rings. The Hall–Kier alpha value is -3.23. The molecule has 0 bridgehead atoms. The summed E-state index contributed by atoms with van der Waals surface area (Å²) in [6, 6.07) is 17.1. The van der Waals surface area contributed by atoms with Crippen LogP contribution in [0.15, 0.2) is 54.6 Å². The second kappa shape index (κ2) is 11.3. The number of benzene rings is 2. The molecule has 0 saturated carbocycles. The molecule has 4 rings (SSSR count). The molecule has 2 unspecified atom stereocenters. The van der Waals surface area contributed by atoms with E-state index in [1.165, 1.54) is 0 Å². The van der Waals surface area contributed by atoms with E-state index in [2.05, 4.69) is 29.6 Å². The highest BCUT2D eigenvalue weighted by Crippen LogP contribution is 2.49. The Kier molecular flexibility index (Phi) is 8.23. The van der Waals surface area contributed by atoms with E-state index in [4.69, 9.17) is 10.5 Å². The fraction of sp³-hybridized carbons (Fsp3) is 0.500. The number of likely N-dealkylation sites (tertiary alicyclic amines) is 2. The number of likely N-dealkylation sites (N-methyl/N-ethyl adjacent to an activating group) is 1. The first-order chi connectivity index (χ1) is 18.0. The number of nitrogens with one attached hydrogen (secondary N) is 1. The topological polar surface area (TPSA) is 105 Å². The molecule has 3 atom stereocenters. The van der Waals surface area contributed by atoms with Crippen LogP contribution >= 0.6 is 0 Å². The van der Waals surface area contributed by atoms with Crippen LogP contribution in [0.3, 0.4) is 0 Å². The summed E-state index contributed by atoms with van der Waals surface area (Å²) in [5.41, 5.74) is 7.43. The lowest BCUT2D eigenvalue weighted by molar-refractivity contribution is -0.147. The predicted octanol–water partition coefficient (Wildman–Crippen LogP) is 2.60. The van der Waals surface area contributed by atoms with Crippen molar-refractivity contribution in [2.45, 2.75) is 57.7 Å². The number of amides is 3. The molecular weight excluding hydrogens is 480 g/mol. The van der Waals surface area contributed by atoms with Crippen LogP contribution in [0.4, 0.5) is 0 Å². The van der Waals surface area contributed by atoms with Crippen molar-refractivity contribution in [2.24, 2.45) is 11.1 Å². The van der Waals surface area contributed by atoms with Crippen molar-refractivity contribution < 1.29 is 19.1 Å². The number of nitrogens with two attached hydrogens (primary N) is 1. The van der Waals surface area contributed by atoms with E-state index in [1.807, 2.05) is 44.3 Å². The van der Waals surface area contributed by atoms with Crippen LogP contribution in [-0.4, -0.2) is 72.4 Å². The van der Waals surface area contributed by atoms with E-state index >= 15 is 0 Å². The van der Waals surface area contributed by atoms with Crippen LogP contribution in [-0.2, 0) is 25.7 Å². The monoisotopic (exact) mass is 520 g/mol. The van der Waals surface area contributed by atoms with Crippen LogP contribution in [0.25, 0.3) is 0 Å². The minimum Gasteiger partial charge on any atom is -0.374 e. The van der Waals surface area contributed by atoms with Crippen molar-refractivity contribution in [1.82, 2.24) is 15.1 Å². The molecule has 2 aliphatic rings. The quantitative estimate of drug-likeness (QED) is 0.557. The van der Waals surface area contributed by atoms with Crippen LogP contribution in [0.1, 0.15) is 49.3 Å². The summed E-state index contributed by atoms with van der Waals surface area (Å²) in [6.45, 7) is 7.02. The highest BCUT2D eigenvalue weighted by molar-refractivity contribution is 5.92. The molecule has 204 valence electrons. The van der Waals surface area contributed by atoms with Gasteiger partial charge in [0.25, 0.3) is 0 Å². The van der Waals surface area contributed by atoms with Crippen molar-refractivity contribution in [3.8, 4) is 0 Å². The van der Waals surface area contributed by atoms with E-state index in [0.717, 1.165) is 23.1 Å². The van der Waals surface area contributed by atoms with E-state index in [-0.39, 0.29) is 24.3 Å². The van der Waals surface area contributed by atoms with Gasteiger partial charge in [0.15, 0.2) is 0 Å². The third-order valence-electron chi connectivity index (χ3n) is 7.80. The maximum absolute atomic E-state index is 13.9. The summed E-state index contributed by atoms with van der Waals surface area (Å²) >= 11 is 0. The van der Waals surface area contributed by atoms with Crippen molar-refractivity contribution >= 4 is 17.7 Å². The summed E-state index contributed by atoms with van der Waals surface area (Å²) in [7, 11) is 1.84. The summed E-state index contributed by atoms with van der Waals surface area (Å²) in [6.07, 6.45) is 1.43. The summed E-state index contributed by atoms with van der Waals surface area (Å²) < 4.78 is 5.89. The highest BCUT2D eigenvalue weighted by Gasteiger charge is 2.55. The van der Waals surface area contributed by atoms with Gasteiger partial charge in [0.05, 0.1) is 24.2 Å². The van der Waals surface area contributed by atoms with Crippen LogP contribution < -0.4 is 11.1 Å². The van der Waals surface area contributed by atoms with Crippen molar-refractivity contribution in [2.75, 3.05) is 33.3 Å². The van der Waals surface area contributed by atoms with Crippen LogP contribution in [0.2, 0.25) is 0 Å². The number of carbonyl (C=O) groups excluding carboxylic acids is 3. The van der Waals surface area contributed by atoms with Crippen molar-refractivity contribution in [1.29, 1.82) is 0 Å². The number of aryl methyl sites for hydroxylation is 1.